The summed E-state index contributed by atoms with van der Waals surface area (Å²) in [6.45, 7) is 2.17. The van der Waals surface area contributed by atoms with E-state index in [2.05, 4.69) is 173 Å². The molecule has 18 heteroatoms. The van der Waals surface area contributed by atoms with Gasteiger partial charge in [0, 0.05) is 19.3 Å². The number of allylic oxidation sites excluding steroid dienone is 28. The SMILES string of the molecule is CC/C=C\C/C=C\C/C=C\C/C=C\C/C=C\C/C=C\CCC(=O)OCC(O)COP(=O)(O)OCC(O)COP(=O)(O)OCC(COC(=O)CCCCCCCC/C=C\C/C=C\C/C=C\C/C=C\CC)OC(=O)CCCCCCCC/C=C\C/C=C\C/C=C\C/C=C\CC. The molecule has 0 heterocycles. The van der Waals surface area contributed by atoms with Gasteiger partial charge in [-0.05, 0) is 135 Å². The number of unbranched alkanes of at least 4 members (excludes halogenated alkanes) is 12. The molecule has 0 bridgehead atoms. The molecule has 5 unspecified atom stereocenters. The number of carbonyl (C=O) groups excluding carboxylic acids is 3. The number of aliphatic hydroxyl groups is 2. The second-order valence-electron chi connectivity index (χ2n) is 22.2. The number of hydrogen-bond donors (Lipinski definition) is 4. The van der Waals surface area contributed by atoms with Crippen molar-refractivity contribution in [2.24, 2.45) is 0 Å². The van der Waals surface area contributed by atoms with Crippen molar-refractivity contribution in [1.82, 2.24) is 0 Å². The molecule has 0 aliphatic rings. The lowest BCUT2D eigenvalue weighted by Crippen LogP contribution is -2.30. The fourth-order valence-corrected chi connectivity index (χ4v) is 9.87. The number of phosphoric acid groups is 2. The van der Waals surface area contributed by atoms with Gasteiger partial charge in [-0.2, -0.15) is 0 Å². The van der Waals surface area contributed by atoms with Crippen LogP contribution in [0.4, 0.5) is 0 Å². The average Bonchev–Trinajstić information content (AvgIpc) is 3.57. The molecule has 0 aliphatic carbocycles. The molecule has 4 N–H and O–H groups in total. The van der Waals surface area contributed by atoms with Crippen molar-refractivity contribution in [3.8, 4) is 0 Å². The lowest BCUT2D eigenvalue weighted by atomic mass is 10.1. The predicted molar refractivity (Wildman–Crippen MR) is 380 cm³/mol. The topological polar surface area (TPSA) is 231 Å². The molecule has 526 valence electrons. The maximum absolute atomic E-state index is 13.0. The van der Waals surface area contributed by atoms with Gasteiger partial charge in [0.25, 0.3) is 0 Å². The van der Waals surface area contributed by atoms with Gasteiger partial charge >= 0.3 is 33.6 Å². The lowest BCUT2D eigenvalue weighted by Gasteiger charge is -2.21. The van der Waals surface area contributed by atoms with E-state index in [1.807, 2.05) is 18.2 Å². The second-order valence-corrected chi connectivity index (χ2v) is 25.1. The number of esters is 3. The Hall–Kier alpha value is -5.09. The van der Waals surface area contributed by atoms with Crippen molar-refractivity contribution >= 4 is 33.6 Å². The van der Waals surface area contributed by atoms with E-state index < -0.39 is 91.5 Å². The largest absolute Gasteiger partial charge is 0.472 e. The van der Waals surface area contributed by atoms with E-state index in [4.69, 9.17) is 32.3 Å². The van der Waals surface area contributed by atoms with E-state index in [1.54, 1.807) is 0 Å². The molecule has 93 heavy (non-hydrogen) atoms. The number of ether oxygens (including phenoxy) is 3. The molecule has 0 saturated heterocycles. The van der Waals surface area contributed by atoms with Crippen LogP contribution in [0.2, 0.25) is 0 Å². The molecule has 0 amide bonds. The van der Waals surface area contributed by atoms with Crippen molar-refractivity contribution in [3.05, 3.63) is 170 Å². The molecular formula is C75H120O16P2. The molecule has 0 saturated carbocycles. The van der Waals surface area contributed by atoms with Gasteiger partial charge in [0.1, 0.15) is 25.4 Å². The van der Waals surface area contributed by atoms with Gasteiger partial charge in [0.2, 0.25) is 0 Å². The van der Waals surface area contributed by atoms with Crippen molar-refractivity contribution < 1.29 is 75.8 Å². The van der Waals surface area contributed by atoms with Crippen molar-refractivity contribution in [2.75, 3.05) is 39.6 Å². The first kappa shape index (κ1) is 87.9. The van der Waals surface area contributed by atoms with E-state index in [-0.39, 0.29) is 19.3 Å². The molecule has 5 atom stereocenters. The Kier molecular flexibility index (Phi) is 63.2. The second kappa shape index (κ2) is 66.9. The fourth-order valence-electron chi connectivity index (χ4n) is 8.28. The summed E-state index contributed by atoms with van der Waals surface area (Å²) in [7, 11) is -9.82. The van der Waals surface area contributed by atoms with E-state index >= 15 is 0 Å². The molecule has 0 rings (SSSR count). The molecule has 0 radical (unpaired) electrons. The van der Waals surface area contributed by atoms with Crippen LogP contribution in [0, 0.1) is 0 Å². The normalized spacial score (nSPS) is 15.2. The van der Waals surface area contributed by atoms with Crippen LogP contribution in [-0.2, 0) is 55.8 Å². The smallest absolute Gasteiger partial charge is 0.463 e. The summed E-state index contributed by atoms with van der Waals surface area (Å²) in [5.41, 5.74) is 0. The molecule has 0 aliphatic heterocycles. The number of hydrogen-bond acceptors (Lipinski definition) is 14. The maximum Gasteiger partial charge on any atom is 0.472 e. The van der Waals surface area contributed by atoms with Crippen molar-refractivity contribution in [2.45, 2.75) is 245 Å². The molecule has 0 aromatic carbocycles. The van der Waals surface area contributed by atoms with Gasteiger partial charge in [-0.3, -0.25) is 32.5 Å². The Balaban J connectivity index is 4.83. The van der Waals surface area contributed by atoms with E-state index in [9.17, 15) is 43.5 Å². The van der Waals surface area contributed by atoms with Crippen molar-refractivity contribution in [1.29, 1.82) is 0 Å². The highest BCUT2D eigenvalue weighted by Gasteiger charge is 2.29. The van der Waals surface area contributed by atoms with Crippen LogP contribution in [0.15, 0.2) is 170 Å². The summed E-state index contributed by atoms with van der Waals surface area (Å²) in [6, 6.07) is 0. The van der Waals surface area contributed by atoms with Crippen LogP contribution < -0.4 is 0 Å². The number of aliphatic hydroxyl groups excluding tert-OH is 2. The summed E-state index contributed by atoms with van der Waals surface area (Å²) < 4.78 is 60.8. The van der Waals surface area contributed by atoms with E-state index in [0.717, 1.165) is 161 Å². The Bertz CT molecular complexity index is 2370. The lowest BCUT2D eigenvalue weighted by molar-refractivity contribution is -0.161. The van der Waals surface area contributed by atoms with Crippen LogP contribution >= 0.6 is 15.6 Å². The Morgan fingerprint density at radius 2 is 0.559 bits per heavy atom. The standard InChI is InChI=1S/C75H120O16P2/c1-4-7-10-13-16-19-22-25-28-31-34-37-40-43-46-49-52-55-58-61-73(78)85-64-70(76)65-87-92(81,82)88-66-71(77)67-89-93(83,84)90-69-72(91-75(80)63-60-57-54-51-48-45-42-39-36-33-30-27-24-21-18-15-12-9-6-3)68-86-74(79)62-59-56-53-50-47-44-41-38-35-32-29-26-23-20-17-14-11-8-5-2/h7-12,16-21,25-30,34-39,43,46,52,55,70-72,76-77H,4-6,13-15,22-24,31-33,40-42,44-45,47-51,53-54,56-69H2,1-3H3,(H,81,82)(H,83,84)/b10-7-,11-8-,12-9-,19-16-,20-17-,21-18-,28-25-,29-26-,30-27-,37-34-,38-35-,39-36-,46-43-,55-52-. The van der Waals surface area contributed by atoms with Crippen LogP contribution in [0.3, 0.4) is 0 Å². The third-order valence-corrected chi connectivity index (χ3v) is 15.3. The van der Waals surface area contributed by atoms with Crippen LogP contribution in [0.5, 0.6) is 0 Å². The number of rotatable bonds is 63. The van der Waals surface area contributed by atoms with Gasteiger partial charge in [0.15, 0.2) is 6.10 Å². The summed E-state index contributed by atoms with van der Waals surface area (Å²) in [5.74, 6) is -1.70. The molecule has 16 nitrogen and oxygen atoms in total. The van der Waals surface area contributed by atoms with Crippen LogP contribution in [-0.4, -0.2) is 95.9 Å². The highest BCUT2D eigenvalue weighted by Crippen LogP contribution is 2.45. The van der Waals surface area contributed by atoms with Gasteiger partial charge in [-0.1, -0.05) is 242 Å². The van der Waals surface area contributed by atoms with Gasteiger partial charge < -0.3 is 34.2 Å². The molecule has 0 fully saturated rings. The number of phosphoric ester groups is 2. The summed E-state index contributed by atoms with van der Waals surface area (Å²) in [5, 5.41) is 20.5. The fraction of sp³-hybridized carbons (Fsp3) is 0.587. The van der Waals surface area contributed by atoms with E-state index in [0.29, 0.717) is 25.7 Å². The van der Waals surface area contributed by atoms with Gasteiger partial charge in [0.05, 0.1) is 26.4 Å². The summed E-state index contributed by atoms with van der Waals surface area (Å²) >= 11 is 0. The third-order valence-electron chi connectivity index (χ3n) is 13.4. The summed E-state index contributed by atoms with van der Waals surface area (Å²) in [6.07, 6.45) is 82.7. The minimum Gasteiger partial charge on any atom is -0.463 e. The first-order valence-electron chi connectivity index (χ1n) is 34.4. The maximum atomic E-state index is 13.0. The molecular weight excluding hydrogens is 1220 g/mol. The van der Waals surface area contributed by atoms with Gasteiger partial charge in [-0.15, -0.1) is 0 Å². The minimum absolute atomic E-state index is 0.0541. The Morgan fingerprint density at radius 3 is 0.914 bits per heavy atom. The van der Waals surface area contributed by atoms with E-state index in [1.165, 1.54) is 0 Å². The zero-order valence-electron chi connectivity index (χ0n) is 56.9. The monoisotopic (exact) mass is 1340 g/mol. The zero-order chi connectivity index (χ0) is 68.1. The highest BCUT2D eigenvalue weighted by atomic mass is 31.2. The predicted octanol–water partition coefficient (Wildman–Crippen LogP) is 19.3. The molecule has 0 aromatic rings. The Labute approximate surface area is 561 Å². The van der Waals surface area contributed by atoms with Crippen LogP contribution in [0.1, 0.15) is 226 Å². The summed E-state index contributed by atoms with van der Waals surface area (Å²) in [4.78, 5) is 58.4. The first-order valence-corrected chi connectivity index (χ1v) is 37.4. The average molecular weight is 1340 g/mol. The first-order chi connectivity index (χ1) is 45.2. The highest BCUT2D eigenvalue weighted by molar-refractivity contribution is 7.47. The zero-order valence-corrected chi connectivity index (χ0v) is 58.6. The van der Waals surface area contributed by atoms with Gasteiger partial charge in [-0.25, -0.2) is 9.13 Å². The Morgan fingerprint density at radius 1 is 0.301 bits per heavy atom. The minimum atomic E-state index is -4.95. The quantitative estimate of drug-likeness (QED) is 0.0146. The van der Waals surface area contributed by atoms with Crippen molar-refractivity contribution in [3.63, 3.8) is 0 Å². The van der Waals surface area contributed by atoms with Crippen LogP contribution in [0.25, 0.3) is 0 Å². The molecule has 0 spiro atoms. The number of carbonyl (C=O) groups is 3. The third kappa shape index (κ3) is 68.1. The molecule has 0 aromatic heterocycles.